The van der Waals surface area contributed by atoms with Crippen LogP contribution in [0.2, 0.25) is 0 Å². The van der Waals surface area contributed by atoms with E-state index in [0.717, 1.165) is 70.6 Å². The lowest BCUT2D eigenvalue weighted by Gasteiger charge is -2.41. The quantitative estimate of drug-likeness (QED) is 0.0196. The number of rotatable bonds is 51. The van der Waals surface area contributed by atoms with Crippen LogP contribution < -0.4 is 0 Å². The van der Waals surface area contributed by atoms with Crippen LogP contribution in [0.15, 0.2) is 48.6 Å². The minimum atomic E-state index is -5.07. The fourth-order valence-electron chi connectivity index (χ4n) is 8.90. The smallest absolute Gasteiger partial charge is 0.397 e. The maximum absolute atomic E-state index is 13.0. The average molecular weight is 1030 g/mol. The molecule has 0 amide bonds. The topological polar surface area (TPSA) is 178 Å². The van der Waals surface area contributed by atoms with Crippen LogP contribution in [0.4, 0.5) is 0 Å². The van der Waals surface area contributed by atoms with E-state index >= 15 is 0 Å². The highest BCUT2D eigenvalue weighted by Crippen LogP contribution is 2.26. The molecule has 0 aromatic carbocycles. The van der Waals surface area contributed by atoms with E-state index in [1.165, 1.54) is 154 Å². The highest BCUT2D eigenvalue weighted by Gasteiger charge is 2.48. The van der Waals surface area contributed by atoms with Gasteiger partial charge in [0.15, 0.2) is 6.29 Å². The fourth-order valence-corrected chi connectivity index (χ4v) is 9.41. The van der Waals surface area contributed by atoms with Crippen molar-refractivity contribution < 1.29 is 56.2 Å². The summed E-state index contributed by atoms with van der Waals surface area (Å²) in [6.07, 6.45) is 52.9. The van der Waals surface area contributed by atoms with Gasteiger partial charge in [0.1, 0.15) is 30.5 Å². The summed E-state index contributed by atoms with van der Waals surface area (Å²) in [6, 6.07) is 0. The summed E-state index contributed by atoms with van der Waals surface area (Å²) in [6.45, 7) is 3.91. The van der Waals surface area contributed by atoms with Crippen molar-refractivity contribution in [1.29, 1.82) is 0 Å². The molecule has 1 saturated heterocycles. The number of carbonyl (C=O) groups excluding carboxylic acids is 1. The number of aliphatic hydroxyl groups excluding tert-OH is 3. The normalized spacial score (nSPS) is 19.3. The first-order valence-corrected chi connectivity index (χ1v) is 30.3. The lowest BCUT2D eigenvalue weighted by Crippen LogP contribution is -2.60. The van der Waals surface area contributed by atoms with Crippen LogP contribution in [0.25, 0.3) is 0 Å². The Labute approximate surface area is 434 Å². The van der Waals surface area contributed by atoms with Gasteiger partial charge in [-0.3, -0.25) is 9.35 Å². The molecule has 1 aliphatic rings. The minimum absolute atomic E-state index is 0.0336. The summed E-state index contributed by atoms with van der Waals surface area (Å²) in [7, 11) is -5.07. The van der Waals surface area contributed by atoms with Crippen LogP contribution in [0, 0.1) is 0 Å². The molecule has 1 rings (SSSR count). The molecule has 0 bridgehead atoms. The molecular formula is C58H106O12S. The highest BCUT2D eigenvalue weighted by atomic mass is 32.3. The first-order valence-electron chi connectivity index (χ1n) is 28.9. The Morgan fingerprint density at radius 2 is 0.972 bits per heavy atom. The van der Waals surface area contributed by atoms with E-state index in [-0.39, 0.29) is 19.6 Å². The Morgan fingerprint density at radius 3 is 1.42 bits per heavy atom. The molecule has 1 fully saturated rings. The molecule has 0 aliphatic carbocycles. The monoisotopic (exact) mass is 1030 g/mol. The molecule has 0 aromatic rings. The third-order valence-electron chi connectivity index (χ3n) is 13.2. The van der Waals surface area contributed by atoms with Crippen LogP contribution in [-0.2, 0) is 38.3 Å². The average Bonchev–Trinajstić information content (AvgIpc) is 3.35. The summed E-state index contributed by atoms with van der Waals surface area (Å²) in [5, 5.41) is 30.8. The van der Waals surface area contributed by atoms with Crippen molar-refractivity contribution in [3.05, 3.63) is 48.6 Å². The molecule has 0 saturated carbocycles. The number of aliphatic hydroxyl groups is 3. The Kier molecular flexibility index (Phi) is 46.3. The summed E-state index contributed by atoms with van der Waals surface area (Å²) in [5.41, 5.74) is 0. The molecule has 13 heteroatoms. The van der Waals surface area contributed by atoms with Crippen molar-refractivity contribution in [3.8, 4) is 0 Å². The molecule has 0 aromatic heterocycles. The minimum Gasteiger partial charge on any atom is -0.457 e. The van der Waals surface area contributed by atoms with Crippen molar-refractivity contribution in [3.63, 3.8) is 0 Å². The molecular weight excluding hydrogens is 921 g/mol. The third kappa shape index (κ3) is 42.0. The van der Waals surface area contributed by atoms with Gasteiger partial charge in [-0.1, -0.05) is 242 Å². The van der Waals surface area contributed by atoms with Gasteiger partial charge >= 0.3 is 16.4 Å². The highest BCUT2D eigenvalue weighted by molar-refractivity contribution is 7.80. The van der Waals surface area contributed by atoms with Gasteiger partial charge in [0.05, 0.1) is 19.8 Å². The zero-order valence-corrected chi connectivity index (χ0v) is 45.9. The molecule has 6 atom stereocenters. The third-order valence-corrected chi connectivity index (χ3v) is 13.7. The van der Waals surface area contributed by atoms with Crippen LogP contribution in [-0.4, -0.2) is 97.5 Å². The first kappa shape index (κ1) is 67.1. The maximum atomic E-state index is 13.0. The van der Waals surface area contributed by atoms with Crippen LogP contribution >= 0.6 is 0 Å². The molecule has 416 valence electrons. The van der Waals surface area contributed by atoms with Gasteiger partial charge in [-0.05, 0) is 51.4 Å². The van der Waals surface area contributed by atoms with Crippen LogP contribution in [0.3, 0.4) is 0 Å². The van der Waals surface area contributed by atoms with E-state index in [4.69, 9.17) is 18.9 Å². The molecule has 71 heavy (non-hydrogen) atoms. The van der Waals surface area contributed by atoms with Crippen molar-refractivity contribution in [2.24, 2.45) is 0 Å². The lowest BCUT2D eigenvalue weighted by molar-refractivity contribution is -0.301. The maximum Gasteiger partial charge on any atom is 0.397 e. The number of carbonyl (C=O) groups is 1. The Bertz CT molecular complexity index is 1420. The van der Waals surface area contributed by atoms with Gasteiger partial charge in [-0.15, -0.1) is 0 Å². The summed E-state index contributed by atoms with van der Waals surface area (Å²) < 4.78 is 59.4. The summed E-state index contributed by atoms with van der Waals surface area (Å²) >= 11 is 0. The van der Waals surface area contributed by atoms with E-state index in [9.17, 15) is 33.1 Å². The second-order valence-electron chi connectivity index (χ2n) is 19.9. The van der Waals surface area contributed by atoms with E-state index in [0.29, 0.717) is 13.0 Å². The number of ether oxygens (including phenoxy) is 4. The number of esters is 1. The molecule has 6 unspecified atom stereocenters. The first-order chi connectivity index (χ1) is 34.6. The molecule has 0 spiro atoms. The van der Waals surface area contributed by atoms with E-state index < -0.39 is 59.8 Å². The molecule has 0 radical (unpaired) electrons. The standard InChI is InChI=1S/C58H106O12S/c1-3-5-7-9-11-13-15-17-19-21-23-25-27-29-31-33-35-37-39-41-43-45-47-54(60)68-52(51-67-58-56(62)57(70-71(63,64)65)55(61)53(49-59)69-58)50-66-48-46-44-42-40-38-36-34-32-30-28-26-24-22-20-18-16-14-12-10-8-6-4-2/h6,8,12,14,18,20,24,26,52-53,55-59,61-62H,3-5,7,9-11,13,15-17,19,21-23,25,27-51H2,1-2H3,(H,63,64,65)/b8-6-,14-12-,20-18-,26-24-. The summed E-state index contributed by atoms with van der Waals surface area (Å²) in [4.78, 5) is 13.0. The predicted molar refractivity (Wildman–Crippen MR) is 290 cm³/mol. The predicted octanol–water partition coefficient (Wildman–Crippen LogP) is 14.3. The zero-order valence-electron chi connectivity index (χ0n) is 45.0. The van der Waals surface area contributed by atoms with Crippen LogP contribution in [0.5, 0.6) is 0 Å². The number of unbranched alkanes of at least 4 members (excludes halogenated alkanes) is 30. The van der Waals surface area contributed by atoms with Crippen LogP contribution in [0.1, 0.15) is 251 Å². The Balaban J connectivity index is 2.30. The van der Waals surface area contributed by atoms with E-state index in [1.54, 1.807) is 0 Å². The molecule has 1 heterocycles. The van der Waals surface area contributed by atoms with E-state index in [1.807, 2.05) is 0 Å². The Morgan fingerprint density at radius 1 is 0.549 bits per heavy atom. The zero-order chi connectivity index (χ0) is 51.7. The van der Waals surface area contributed by atoms with Crippen molar-refractivity contribution in [2.75, 3.05) is 26.4 Å². The van der Waals surface area contributed by atoms with Gasteiger partial charge in [0.2, 0.25) is 0 Å². The number of hydrogen-bond acceptors (Lipinski definition) is 11. The van der Waals surface area contributed by atoms with Crippen molar-refractivity contribution >= 4 is 16.4 Å². The van der Waals surface area contributed by atoms with Gasteiger partial charge in [-0.2, -0.15) is 8.42 Å². The lowest BCUT2D eigenvalue weighted by atomic mass is 9.99. The van der Waals surface area contributed by atoms with Gasteiger partial charge in [0.25, 0.3) is 0 Å². The number of hydrogen-bond donors (Lipinski definition) is 4. The largest absolute Gasteiger partial charge is 0.457 e. The van der Waals surface area contributed by atoms with E-state index in [2.05, 4.69) is 66.6 Å². The molecule has 4 N–H and O–H groups in total. The molecule has 1 aliphatic heterocycles. The van der Waals surface area contributed by atoms with Gasteiger partial charge in [0, 0.05) is 13.0 Å². The molecule has 12 nitrogen and oxygen atoms in total. The number of allylic oxidation sites excluding steroid dienone is 8. The van der Waals surface area contributed by atoms with Crippen molar-refractivity contribution in [1.82, 2.24) is 0 Å². The van der Waals surface area contributed by atoms with Gasteiger partial charge in [-0.25, -0.2) is 4.18 Å². The SMILES string of the molecule is CC/C=C\C/C=C\C/C=C\C/C=C\CCCCCCCCCCCOCC(COC1OC(CO)C(O)C(OS(=O)(=O)O)C1O)OC(=O)CCCCCCCCCCCCCCCCCCCCCCCC. The second kappa shape index (κ2) is 49.0. The second-order valence-corrected chi connectivity index (χ2v) is 20.9. The van der Waals surface area contributed by atoms with Gasteiger partial charge < -0.3 is 34.3 Å². The Hall–Kier alpha value is -1.94. The van der Waals surface area contributed by atoms with Crippen molar-refractivity contribution in [2.45, 2.75) is 288 Å². The summed E-state index contributed by atoms with van der Waals surface area (Å²) in [5.74, 6) is -0.397. The fraction of sp³-hybridized carbons (Fsp3) is 0.845.